The highest BCUT2D eigenvalue weighted by Crippen LogP contribution is 2.24. The fourth-order valence-corrected chi connectivity index (χ4v) is 1.48. The Balaban J connectivity index is 3.19. The molecule has 0 aliphatic heterocycles. The van der Waals surface area contributed by atoms with E-state index < -0.39 is 11.4 Å². The summed E-state index contributed by atoms with van der Waals surface area (Å²) >= 11 is 5.76. The van der Waals surface area contributed by atoms with Crippen molar-refractivity contribution in [1.29, 1.82) is 0 Å². The smallest absolute Gasteiger partial charge is 0.268 e. The largest absolute Gasteiger partial charge is 0.271 e. The molecule has 0 saturated heterocycles. The lowest BCUT2D eigenvalue weighted by Gasteiger charge is -2.31. The molecule has 0 fully saturated rings. The molecule has 1 aromatic carbocycles. The van der Waals surface area contributed by atoms with Gasteiger partial charge in [0.1, 0.15) is 5.82 Å². The van der Waals surface area contributed by atoms with E-state index in [1.54, 1.807) is 6.92 Å². The minimum Gasteiger partial charge on any atom is -0.271 e. The number of nitrogens with zero attached hydrogens (tertiary/aromatic N) is 1. The highest BCUT2D eigenvalue weighted by Gasteiger charge is 2.26. The van der Waals surface area contributed by atoms with Crippen molar-refractivity contribution in [2.24, 2.45) is 5.84 Å². The van der Waals surface area contributed by atoms with Crippen LogP contribution >= 0.6 is 11.6 Å². The quantitative estimate of drug-likeness (QED) is 0.478. The van der Waals surface area contributed by atoms with Crippen molar-refractivity contribution in [1.82, 2.24) is 5.01 Å². The predicted octanol–water partition coefficient (Wildman–Crippen LogP) is 2.90. The molecule has 0 saturated carbocycles. The monoisotopic (exact) mass is 258 g/mol. The lowest BCUT2D eigenvalue weighted by Crippen LogP contribution is -2.50. The van der Waals surface area contributed by atoms with Gasteiger partial charge in [0.25, 0.3) is 5.91 Å². The Bertz CT molecular complexity index is 455. The van der Waals surface area contributed by atoms with E-state index in [-0.39, 0.29) is 10.9 Å². The number of rotatable bonds is 1. The molecule has 0 aromatic heterocycles. The molecule has 0 bridgehead atoms. The second-order valence-electron chi connectivity index (χ2n) is 4.88. The van der Waals surface area contributed by atoms with E-state index in [9.17, 15) is 9.18 Å². The van der Waals surface area contributed by atoms with Crippen molar-refractivity contribution in [3.05, 3.63) is 34.1 Å². The molecule has 94 valence electrons. The average molecular weight is 259 g/mol. The van der Waals surface area contributed by atoms with Crippen LogP contribution in [0, 0.1) is 12.7 Å². The zero-order valence-corrected chi connectivity index (χ0v) is 11.1. The molecule has 2 N–H and O–H groups in total. The molecule has 0 atom stereocenters. The van der Waals surface area contributed by atoms with Crippen molar-refractivity contribution in [2.45, 2.75) is 33.2 Å². The number of hydrazine groups is 1. The highest BCUT2D eigenvalue weighted by atomic mass is 35.5. The lowest BCUT2D eigenvalue weighted by atomic mass is 10.0. The van der Waals surface area contributed by atoms with Crippen LogP contribution in [0.25, 0.3) is 0 Å². The molecule has 1 aromatic rings. The van der Waals surface area contributed by atoms with E-state index in [0.717, 1.165) is 5.01 Å². The summed E-state index contributed by atoms with van der Waals surface area (Å²) in [6.07, 6.45) is 0. The maximum Gasteiger partial charge on any atom is 0.268 e. The number of amides is 1. The molecule has 17 heavy (non-hydrogen) atoms. The van der Waals surface area contributed by atoms with Crippen LogP contribution in [-0.4, -0.2) is 16.5 Å². The Hall–Kier alpha value is -1.13. The molecular weight excluding hydrogens is 243 g/mol. The first-order valence-corrected chi connectivity index (χ1v) is 5.58. The van der Waals surface area contributed by atoms with Gasteiger partial charge in [-0.25, -0.2) is 10.2 Å². The standard InChI is InChI=1S/C12H16ClFN2O/c1-7-8(5-6-9(14)10(7)13)11(17)16(15)12(2,3)4/h5-6H,15H2,1-4H3. The molecule has 0 aliphatic rings. The van der Waals surface area contributed by atoms with Gasteiger partial charge < -0.3 is 0 Å². The molecule has 1 rings (SSSR count). The number of hydrogen-bond acceptors (Lipinski definition) is 2. The maximum absolute atomic E-state index is 13.2. The van der Waals surface area contributed by atoms with E-state index >= 15 is 0 Å². The minimum atomic E-state index is -0.542. The van der Waals surface area contributed by atoms with Crippen molar-refractivity contribution >= 4 is 17.5 Å². The van der Waals surface area contributed by atoms with E-state index in [0.29, 0.717) is 11.1 Å². The van der Waals surface area contributed by atoms with Gasteiger partial charge in [-0.15, -0.1) is 0 Å². The number of benzene rings is 1. The predicted molar refractivity (Wildman–Crippen MR) is 66.3 cm³/mol. The molecule has 0 spiro atoms. The van der Waals surface area contributed by atoms with Gasteiger partial charge in [0, 0.05) is 5.56 Å². The Morgan fingerprint density at radius 1 is 1.41 bits per heavy atom. The third-order valence-electron chi connectivity index (χ3n) is 2.51. The van der Waals surface area contributed by atoms with Gasteiger partial charge in [0.2, 0.25) is 0 Å². The molecule has 0 radical (unpaired) electrons. The Labute approximate surface area is 105 Å². The van der Waals surface area contributed by atoms with E-state index in [4.69, 9.17) is 17.4 Å². The van der Waals surface area contributed by atoms with Crippen molar-refractivity contribution in [3.63, 3.8) is 0 Å². The van der Waals surface area contributed by atoms with Crippen molar-refractivity contribution in [3.8, 4) is 0 Å². The lowest BCUT2D eigenvalue weighted by molar-refractivity contribution is 0.0581. The van der Waals surface area contributed by atoms with Gasteiger partial charge in [-0.2, -0.15) is 0 Å². The van der Waals surface area contributed by atoms with Crippen LogP contribution in [-0.2, 0) is 0 Å². The summed E-state index contributed by atoms with van der Waals surface area (Å²) in [5.41, 5.74) is 0.204. The summed E-state index contributed by atoms with van der Waals surface area (Å²) in [7, 11) is 0. The fourth-order valence-electron chi connectivity index (χ4n) is 1.32. The third kappa shape index (κ3) is 2.76. The Morgan fingerprint density at radius 2 is 1.94 bits per heavy atom. The van der Waals surface area contributed by atoms with Gasteiger partial charge in [-0.1, -0.05) is 11.6 Å². The van der Waals surface area contributed by atoms with E-state index in [1.807, 2.05) is 20.8 Å². The maximum atomic E-state index is 13.2. The molecule has 0 heterocycles. The van der Waals surface area contributed by atoms with Crippen LogP contribution < -0.4 is 5.84 Å². The van der Waals surface area contributed by atoms with Crippen LogP contribution in [0.1, 0.15) is 36.7 Å². The first kappa shape index (κ1) is 13.9. The topological polar surface area (TPSA) is 46.3 Å². The number of halogens is 2. The highest BCUT2D eigenvalue weighted by molar-refractivity contribution is 6.32. The minimum absolute atomic E-state index is 0.0434. The van der Waals surface area contributed by atoms with E-state index in [2.05, 4.69) is 0 Å². The van der Waals surface area contributed by atoms with E-state index in [1.165, 1.54) is 12.1 Å². The van der Waals surface area contributed by atoms with Gasteiger partial charge in [-0.05, 0) is 45.4 Å². The SMILES string of the molecule is Cc1c(C(=O)N(N)C(C)(C)C)ccc(F)c1Cl. The third-order valence-corrected chi connectivity index (χ3v) is 2.98. The normalized spacial score (nSPS) is 11.5. The molecule has 5 heteroatoms. The van der Waals surface area contributed by atoms with Crippen LogP contribution in [0.2, 0.25) is 5.02 Å². The van der Waals surface area contributed by atoms with Crippen LogP contribution in [0.3, 0.4) is 0 Å². The van der Waals surface area contributed by atoms with Gasteiger partial charge >= 0.3 is 0 Å². The zero-order valence-electron chi connectivity index (χ0n) is 10.3. The van der Waals surface area contributed by atoms with Gasteiger partial charge in [0.15, 0.2) is 0 Å². The summed E-state index contributed by atoms with van der Waals surface area (Å²) in [5.74, 6) is 4.81. The summed E-state index contributed by atoms with van der Waals surface area (Å²) in [6, 6.07) is 2.56. The van der Waals surface area contributed by atoms with Crippen LogP contribution in [0.5, 0.6) is 0 Å². The first-order chi connectivity index (χ1) is 7.66. The number of nitrogens with two attached hydrogens (primary N) is 1. The van der Waals surface area contributed by atoms with Crippen LogP contribution in [0.15, 0.2) is 12.1 Å². The summed E-state index contributed by atoms with van der Waals surface area (Å²) in [6.45, 7) is 7.03. The summed E-state index contributed by atoms with van der Waals surface area (Å²) in [5, 5.41) is 1.07. The first-order valence-electron chi connectivity index (χ1n) is 5.20. The second kappa shape index (κ2) is 4.63. The van der Waals surface area contributed by atoms with Crippen LogP contribution in [0.4, 0.5) is 4.39 Å². The molecule has 1 amide bonds. The second-order valence-corrected chi connectivity index (χ2v) is 5.26. The van der Waals surface area contributed by atoms with Crippen molar-refractivity contribution < 1.29 is 9.18 Å². The number of carbonyl (C=O) groups is 1. The molecular formula is C12H16ClFN2O. The average Bonchev–Trinajstić information content (AvgIpc) is 2.23. The summed E-state index contributed by atoms with van der Waals surface area (Å²) < 4.78 is 13.2. The Kier molecular flexibility index (Phi) is 3.79. The zero-order chi connectivity index (χ0) is 13.4. The molecule has 0 unspecified atom stereocenters. The molecule has 0 aliphatic carbocycles. The Morgan fingerprint density at radius 3 is 2.41 bits per heavy atom. The van der Waals surface area contributed by atoms with Gasteiger partial charge in [-0.3, -0.25) is 9.80 Å². The summed E-state index contributed by atoms with van der Waals surface area (Å²) in [4.78, 5) is 12.1. The number of carbonyl (C=O) groups excluding carboxylic acids is 1. The molecule has 3 nitrogen and oxygen atoms in total. The number of hydrogen-bond donors (Lipinski definition) is 1. The van der Waals surface area contributed by atoms with Gasteiger partial charge in [0.05, 0.1) is 10.6 Å². The van der Waals surface area contributed by atoms with Crippen molar-refractivity contribution in [2.75, 3.05) is 0 Å². The fraction of sp³-hybridized carbons (Fsp3) is 0.417.